The molecular formula is C7H6N4O2. The molecule has 0 atom stereocenters. The summed E-state index contributed by atoms with van der Waals surface area (Å²) in [5, 5.41) is 19.3. The van der Waals surface area contributed by atoms with Crippen molar-refractivity contribution in [1.29, 1.82) is 0 Å². The third-order valence-corrected chi connectivity index (χ3v) is 1.61. The molecule has 0 spiro atoms. The average molecular weight is 178 g/mol. The Kier molecular flexibility index (Phi) is 1.66. The van der Waals surface area contributed by atoms with E-state index in [0.29, 0.717) is 11.2 Å². The first-order valence-corrected chi connectivity index (χ1v) is 3.64. The molecule has 13 heavy (non-hydrogen) atoms. The number of pyridine rings is 1. The number of hydrogen-bond acceptors (Lipinski definition) is 4. The van der Waals surface area contributed by atoms with E-state index in [9.17, 15) is 4.79 Å². The SMILES string of the molecule is O=C(O)Cc1ccc2nnnn2c1. The van der Waals surface area contributed by atoms with Crippen LogP contribution in [0.15, 0.2) is 18.3 Å². The number of aliphatic carboxylic acids is 1. The van der Waals surface area contributed by atoms with E-state index in [1.165, 1.54) is 4.52 Å². The fourth-order valence-electron chi connectivity index (χ4n) is 1.06. The van der Waals surface area contributed by atoms with Crippen LogP contribution >= 0.6 is 0 Å². The molecule has 0 bridgehead atoms. The maximum absolute atomic E-state index is 10.4. The molecule has 0 saturated carbocycles. The predicted octanol–water partition coefficient (Wildman–Crippen LogP) is -0.249. The van der Waals surface area contributed by atoms with Crippen LogP contribution in [0.2, 0.25) is 0 Å². The standard InChI is InChI=1S/C7H6N4O2/c12-7(13)3-5-1-2-6-8-9-10-11(6)4-5/h1-2,4H,3H2,(H,12,13). The van der Waals surface area contributed by atoms with Gasteiger partial charge in [0.15, 0.2) is 5.65 Å². The quantitative estimate of drug-likeness (QED) is 0.685. The van der Waals surface area contributed by atoms with Crippen LogP contribution in [0.25, 0.3) is 5.65 Å². The second-order valence-corrected chi connectivity index (χ2v) is 2.59. The van der Waals surface area contributed by atoms with Crippen LogP contribution in [0, 0.1) is 0 Å². The van der Waals surface area contributed by atoms with Gasteiger partial charge in [0, 0.05) is 6.20 Å². The molecule has 2 aromatic rings. The van der Waals surface area contributed by atoms with Gasteiger partial charge in [0.1, 0.15) is 0 Å². The van der Waals surface area contributed by atoms with Crippen molar-refractivity contribution in [3.8, 4) is 0 Å². The number of rotatable bonds is 2. The first kappa shape index (κ1) is 7.66. The highest BCUT2D eigenvalue weighted by Gasteiger charge is 2.02. The maximum Gasteiger partial charge on any atom is 0.307 e. The number of nitrogens with zero attached hydrogens (tertiary/aromatic N) is 4. The molecule has 2 rings (SSSR count). The van der Waals surface area contributed by atoms with Gasteiger partial charge >= 0.3 is 5.97 Å². The van der Waals surface area contributed by atoms with Crippen LogP contribution in [0.3, 0.4) is 0 Å². The van der Waals surface area contributed by atoms with Gasteiger partial charge in [-0.1, -0.05) is 6.07 Å². The van der Waals surface area contributed by atoms with Crippen LogP contribution < -0.4 is 0 Å². The summed E-state index contributed by atoms with van der Waals surface area (Å²) in [5.41, 5.74) is 1.28. The van der Waals surface area contributed by atoms with Gasteiger partial charge in [0.2, 0.25) is 0 Å². The van der Waals surface area contributed by atoms with E-state index in [2.05, 4.69) is 15.5 Å². The monoisotopic (exact) mass is 178 g/mol. The highest BCUT2D eigenvalue weighted by molar-refractivity contribution is 5.70. The summed E-state index contributed by atoms with van der Waals surface area (Å²) < 4.78 is 1.44. The van der Waals surface area contributed by atoms with Crippen molar-refractivity contribution in [3.05, 3.63) is 23.9 Å². The van der Waals surface area contributed by atoms with Gasteiger partial charge < -0.3 is 5.11 Å². The van der Waals surface area contributed by atoms with Crippen LogP contribution in [0.1, 0.15) is 5.56 Å². The zero-order chi connectivity index (χ0) is 9.26. The summed E-state index contributed by atoms with van der Waals surface area (Å²) in [4.78, 5) is 10.4. The molecule has 0 aliphatic carbocycles. The second-order valence-electron chi connectivity index (χ2n) is 2.59. The minimum absolute atomic E-state index is 0.0181. The number of aromatic nitrogens is 4. The van der Waals surface area contributed by atoms with E-state index in [1.807, 2.05) is 0 Å². The normalized spacial score (nSPS) is 10.5. The minimum Gasteiger partial charge on any atom is -0.481 e. The Labute approximate surface area is 72.8 Å². The van der Waals surface area contributed by atoms with E-state index in [1.54, 1.807) is 18.3 Å². The maximum atomic E-state index is 10.4. The molecule has 0 amide bonds. The van der Waals surface area contributed by atoms with Gasteiger partial charge in [-0.25, -0.2) is 4.52 Å². The number of tetrazole rings is 1. The lowest BCUT2D eigenvalue weighted by Gasteiger charge is -1.95. The molecular weight excluding hydrogens is 172 g/mol. The van der Waals surface area contributed by atoms with Gasteiger partial charge in [-0.3, -0.25) is 4.79 Å². The molecule has 0 aliphatic heterocycles. The van der Waals surface area contributed by atoms with Gasteiger partial charge in [0.05, 0.1) is 6.42 Å². The third-order valence-electron chi connectivity index (χ3n) is 1.61. The zero-order valence-electron chi connectivity index (χ0n) is 6.58. The van der Waals surface area contributed by atoms with Crippen molar-refractivity contribution in [1.82, 2.24) is 20.0 Å². The lowest BCUT2D eigenvalue weighted by molar-refractivity contribution is -0.136. The second kappa shape index (κ2) is 2.81. The van der Waals surface area contributed by atoms with Crippen LogP contribution in [0.4, 0.5) is 0 Å². The Bertz CT molecular complexity index is 450. The molecule has 66 valence electrons. The summed E-state index contributed by atoms with van der Waals surface area (Å²) in [5.74, 6) is -0.868. The number of carbonyl (C=O) groups is 1. The van der Waals surface area contributed by atoms with Crippen molar-refractivity contribution in [3.63, 3.8) is 0 Å². The van der Waals surface area contributed by atoms with Crippen LogP contribution in [-0.2, 0) is 11.2 Å². The van der Waals surface area contributed by atoms with Crippen molar-refractivity contribution in [2.45, 2.75) is 6.42 Å². The molecule has 0 fully saturated rings. The van der Waals surface area contributed by atoms with E-state index in [4.69, 9.17) is 5.11 Å². The predicted molar refractivity (Wildman–Crippen MR) is 42.1 cm³/mol. The molecule has 2 heterocycles. The largest absolute Gasteiger partial charge is 0.481 e. The molecule has 2 aromatic heterocycles. The molecule has 0 unspecified atom stereocenters. The van der Waals surface area contributed by atoms with Gasteiger partial charge in [0.25, 0.3) is 0 Å². The third kappa shape index (κ3) is 1.46. The Hall–Kier alpha value is -1.98. The Balaban J connectivity index is 2.42. The Morgan fingerprint density at radius 3 is 3.15 bits per heavy atom. The van der Waals surface area contributed by atoms with Crippen LogP contribution in [-0.4, -0.2) is 31.1 Å². The highest BCUT2D eigenvalue weighted by atomic mass is 16.4. The highest BCUT2D eigenvalue weighted by Crippen LogP contribution is 2.02. The molecule has 6 heteroatoms. The number of carboxylic acids is 1. The average Bonchev–Trinajstić information content (AvgIpc) is 2.49. The van der Waals surface area contributed by atoms with Crippen LogP contribution in [0.5, 0.6) is 0 Å². The molecule has 0 aromatic carbocycles. The summed E-state index contributed by atoms with van der Waals surface area (Å²) in [6.07, 6.45) is 1.58. The lowest BCUT2D eigenvalue weighted by Crippen LogP contribution is -2.01. The first-order valence-electron chi connectivity index (χ1n) is 3.64. The van der Waals surface area contributed by atoms with Crippen molar-refractivity contribution < 1.29 is 9.90 Å². The van der Waals surface area contributed by atoms with Gasteiger partial charge in [-0.15, -0.1) is 5.10 Å². The summed E-state index contributed by atoms with van der Waals surface area (Å²) in [6.45, 7) is 0. The van der Waals surface area contributed by atoms with E-state index in [-0.39, 0.29) is 6.42 Å². The Morgan fingerprint density at radius 1 is 1.54 bits per heavy atom. The van der Waals surface area contributed by atoms with Crippen molar-refractivity contribution >= 4 is 11.6 Å². The van der Waals surface area contributed by atoms with E-state index >= 15 is 0 Å². The van der Waals surface area contributed by atoms with E-state index < -0.39 is 5.97 Å². The minimum atomic E-state index is -0.868. The lowest BCUT2D eigenvalue weighted by atomic mass is 10.2. The zero-order valence-corrected chi connectivity index (χ0v) is 6.58. The molecule has 0 radical (unpaired) electrons. The summed E-state index contributed by atoms with van der Waals surface area (Å²) in [7, 11) is 0. The number of hydrogen-bond donors (Lipinski definition) is 1. The van der Waals surface area contributed by atoms with Gasteiger partial charge in [-0.05, 0) is 22.1 Å². The number of carboxylic acid groups (broad SMARTS) is 1. The van der Waals surface area contributed by atoms with E-state index in [0.717, 1.165) is 0 Å². The molecule has 1 N–H and O–H groups in total. The fourth-order valence-corrected chi connectivity index (χ4v) is 1.06. The first-order chi connectivity index (χ1) is 6.25. The molecule has 0 saturated heterocycles. The van der Waals surface area contributed by atoms with Gasteiger partial charge in [-0.2, -0.15) is 0 Å². The topological polar surface area (TPSA) is 80.4 Å². The number of fused-ring (bicyclic) bond motifs is 1. The van der Waals surface area contributed by atoms with Crippen molar-refractivity contribution in [2.75, 3.05) is 0 Å². The van der Waals surface area contributed by atoms with Crippen molar-refractivity contribution in [2.24, 2.45) is 0 Å². The smallest absolute Gasteiger partial charge is 0.307 e. The fraction of sp³-hybridized carbons (Fsp3) is 0.143. The molecule has 0 aliphatic rings. The Morgan fingerprint density at radius 2 is 2.38 bits per heavy atom. The molecule has 6 nitrogen and oxygen atoms in total. The summed E-state index contributed by atoms with van der Waals surface area (Å²) >= 11 is 0. The summed E-state index contributed by atoms with van der Waals surface area (Å²) in [6, 6.07) is 3.37.